The van der Waals surface area contributed by atoms with Crippen molar-refractivity contribution in [2.75, 3.05) is 6.54 Å². The van der Waals surface area contributed by atoms with Crippen LogP contribution in [0.5, 0.6) is 0 Å². The van der Waals surface area contributed by atoms with E-state index >= 15 is 0 Å². The van der Waals surface area contributed by atoms with E-state index in [1.54, 1.807) is 13.0 Å². The predicted octanol–water partition coefficient (Wildman–Crippen LogP) is 0.663. The molecular weight excluding hydrogens is 196 g/mol. The fraction of sp³-hybridized carbons (Fsp3) is 0.600. The Balaban J connectivity index is 1.93. The molecule has 15 heavy (non-hydrogen) atoms. The van der Waals surface area contributed by atoms with Gasteiger partial charge < -0.3 is 14.9 Å². The highest BCUT2D eigenvalue weighted by atomic mass is 16.5. The summed E-state index contributed by atoms with van der Waals surface area (Å²) >= 11 is 0. The van der Waals surface area contributed by atoms with Crippen LogP contribution in [0.2, 0.25) is 0 Å². The summed E-state index contributed by atoms with van der Waals surface area (Å²) in [5.41, 5.74) is 0.289. The molecule has 0 radical (unpaired) electrons. The fourth-order valence-corrected chi connectivity index (χ4v) is 1.29. The number of nitrogens with zero attached hydrogens (tertiary/aromatic N) is 1. The predicted molar refractivity (Wildman–Crippen MR) is 52.5 cm³/mol. The molecule has 1 aromatic heterocycles. The highest BCUT2D eigenvalue weighted by Gasteiger charge is 2.28. The highest BCUT2D eigenvalue weighted by molar-refractivity contribution is 5.92. The molecule has 82 valence electrons. The van der Waals surface area contributed by atoms with Crippen molar-refractivity contribution in [3.05, 3.63) is 17.5 Å². The normalized spacial score (nSPS) is 17.5. The zero-order valence-corrected chi connectivity index (χ0v) is 8.56. The third kappa shape index (κ3) is 2.56. The molecule has 1 saturated carbocycles. The molecule has 1 aliphatic carbocycles. The smallest absolute Gasteiger partial charge is 0.273 e. The Morgan fingerprint density at radius 3 is 3.13 bits per heavy atom. The fourth-order valence-electron chi connectivity index (χ4n) is 1.29. The molecule has 5 heteroatoms. The summed E-state index contributed by atoms with van der Waals surface area (Å²) in [7, 11) is 0. The van der Waals surface area contributed by atoms with E-state index in [9.17, 15) is 4.79 Å². The largest absolute Gasteiger partial charge is 0.392 e. The average molecular weight is 210 g/mol. The van der Waals surface area contributed by atoms with Crippen molar-refractivity contribution < 1.29 is 14.4 Å². The van der Waals surface area contributed by atoms with E-state index in [1.165, 1.54) is 0 Å². The van der Waals surface area contributed by atoms with Gasteiger partial charge in [-0.25, -0.2) is 0 Å². The van der Waals surface area contributed by atoms with Crippen LogP contribution in [0.1, 0.15) is 41.9 Å². The van der Waals surface area contributed by atoms with Crippen molar-refractivity contribution in [1.29, 1.82) is 0 Å². The second kappa shape index (κ2) is 4.02. The lowest BCUT2D eigenvalue weighted by Gasteiger charge is -2.03. The third-order valence-corrected chi connectivity index (χ3v) is 2.30. The molecule has 1 heterocycles. The van der Waals surface area contributed by atoms with Gasteiger partial charge in [0.05, 0.1) is 6.10 Å². The Kier molecular flexibility index (Phi) is 2.73. The monoisotopic (exact) mass is 210 g/mol. The summed E-state index contributed by atoms with van der Waals surface area (Å²) in [6.07, 6.45) is 1.68. The van der Waals surface area contributed by atoms with Crippen LogP contribution in [-0.2, 0) is 0 Å². The van der Waals surface area contributed by atoms with Crippen LogP contribution >= 0.6 is 0 Å². The maximum atomic E-state index is 11.5. The Bertz CT molecular complexity index is 355. The minimum absolute atomic E-state index is 0.227. The molecule has 2 rings (SSSR count). The maximum absolute atomic E-state index is 11.5. The Morgan fingerprint density at radius 2 is 2.53 bits per heavy atom. The van der Waals surface area contributed by atoms with E-state index in [-0.39, 0.29) is 18.1 Å². The minimum Gasteiger partial charge on any atom is -0.392 e. The van der Waals surface area contributed by atoms with Gasteiger partial charge >= 0.3 is 0 Å². The van der Waals surface area contributed by atoms with Gasteiger partial charge in [0.2, 0.25) is 0 Å². The van der Waals surface area contributed by atoms with Crippen LogP contribution in [0.15, 0.2) is 10.6 Å². The molecule has 1 amide bonds. The molecule has 2 N–H and O–H groups in total. The summed E-state index contributed by atoms with van der Waals surface area (Å²) in [4.78, 5) is 11.5. The summed E-state index contributed by atoms with van der Waals surface area (Å²) < 4.78 is 5.04. The van der Waals surface area contributed by atoms with Gasteiger partial charge in [-0.2, -0.15) is 0 Å². The van der Waals surface area contributed by atoms with Crippen LogP contribution in [0, 0.1) is 0 Å². The van der Waals surface area contributed by atoms with E-state index in [0.29, 0.717) is 5.92 Å². The topological polar surface area (TPSA) is 75.4 Å². The first-order valence-electron chi connectivity index (χ1n) is 5.09. The number of aromatic nitrogens is 1. The van der Waals surface area contributed by atoms with Crippen LogP contribution < -0.4 is 5.32 Å². The van der Waals surface area contributed by atoms with Crippen molar-refractivity contribution in [2.45, 2.75) is 31.8 Å². The van der Waals surface area contributed by atoms with E-state index in [4.69, 9.17) is 9.63 Å². The molecular formula is C10H14N2O3. The maximum Gasteiger partial charge on any atom is 0.273 e. The van der Waals surface area contributed by atoms with Crippen LogP contribution in [-0.4, -0.2) is 28.8 Å². The Morgan fingerprint density at radius 1 is 1.80 bits per heavy atom. The molecule has 1 aromatic rings. The van der Waals surface area contributed by atoms with Gasteiger partial charge in [0.1, 0.15) is 5.76 Å². The van der Waals surface area contributed by atoms with E-state index in [2.05, 4.69) is 10.5 Å². The van der Waals surface area contributed by atoms with Gasteiger partial charge in [0.15, 0.2) is 5.69 Å². The summed E-state index contributed by atoms with van der Waals surface area (Å²) in [6, 6.07) is 1.68. The van der Waals surface area contributed by atoms with Gasteiger partial charge in [-0.15, -0.1) is 0 Å². The number of hydrogen-bond donors (Lipinski definition) is 2. The number of rotatable bonds is 4. The SMILES string of the molecule is CC(O)CNC(=O)c1cc(C2CC2)on1. The molecule has 0 aromatic carbocycles. The highest BCUT2D eigenvalue weighted by Crippen LogP contribution is 2.40. The van der Waals surface area contributed by atoms with Gasteiger partial charge in [-0.05, 0) is 19.8 Å². The lowest BCUT2D eigenvalue weighted by atomic mass is 10.3. The number of aliphatic hydroxyl groups excluding tert-OH is 1. The molecule has 1 unspecified atom stereocenters. The van der Waals surface area contributed by atoms with E-state index in [1.807, 2.05) is 0 Å². The number of carbonyl (C=O) groups is 1. The number of nitrogens with one attached hydrogen (secondary N) is 1. The van der Waals surface area contributed by atoms with Crippen molar-refractivity contribution in [2.24, 2.45) is 0 Å². The third-order valence-electron chi connectivity index (χ3n) is 2.30. The minimum atomic E-state index is -0.552. The molecule has 1 fully saturated rings. The van der Waals surface area contributed by atoms with E-state index in [0.717, 1.165) is 18.6 Å². The van der Waals surface area contributed by atoms with Crippen molar-refractivity contribution in [1.82, 2.24) is 10.5 Å². The summed E-state index contributed by atoms with van der Waals surface area (Å²) in [5, 5.41) is 15.2. The van der Waals surface area contributed by atoms with Crippen molar-refractivity contribution >= 4 is 5.91 Å². The number of aliphatic hydroxyl groups is 1. The second-order valence-corrected chi connectivity index (χ2v) is 3.95. The molecule has 1 aliphatic rings. The quantitative estimate of drug-likeness (QED) is 0.765. The first-order chi connectivity index (χ1) is 7.16. The molecule has 5 nitrogen and oxygen atoms in total. The standard InChI is InChI=1S/C10H14N2O3/c1-6(13)5-11-10(14)8-4-9(15-12-8)7-2-3-7/h4,6-7,13H,2-3,5H2,1H3,(H,11,14). The molecule has 0 aliphatic heterocycles. The number of hydrogen-bond acceptors (Lipinski definition) is 4. The van der Waals surface area contributed by atoms with Crippen LogP contribution in [0.3, 0.4) is 0 Å². The van der Waals surface area contributed by atoms with E-state index < -0.39 is 6.10 Å². The van der Waals surface area contributed by atoms with Gasteiger partial charge in [-0.3, -0.25) is 4.79 Å². The lowest BCUT2D eigenvalue weighted by molar-refractivity contribution is 0.0915. The molecule has 0 spiro atoms. The average Bonchev–Trinajstić information content (AvgIpc) is 2.93. The number of amides is 1. The summed E-state index contributed by atoms with van der Waals surface area (Å²) in [5.74, 6) is 0.944. The van der Waals surface area contributed by atoms with Gasteiger partial charge in [0.25, 0.3) is 5.91 Å². The van der Waals surface area contributed by atoms with Crippen LogP contribution in [0.25, 0.3) is 0 Å². The zero-order valence-electron chi connectivity index (χ0n) is 8.56. The Hall–Kier alpha value is -1.36. The molecule has 1 atom stereocenters. The van der Waals surface area contributed by atoms with Crippen molar-refractivity contribution in [3.63, 3.8) is 0 Å². The zero-order chi connectivity index (χ0) is 10.8. The first kappa shape index (κ1) is 10.2. The number of carbonyl (C=O) groups excluding carboxylic acids is 1. The lowest BCUT2D eigenvalue weighted by Crippen LogP contribution is -2.30. The molecule has 0 saturated heterocycles. The Labute approximate surface area is 87.5 Å². The second-order valence-electron chi connectivity index (χ2n) is 3.95. The van der Waals surface area contributed by atoms with Crippen molar-refractivity contribution in [3.8, 4) is 0 Å². The first-order valence-corrected chi connectivity index (χ1v) is 5.09. The van der Waals surface area contributed by atoms with Gasteiger partial charge in [-0.1, -0.05) is 5.16 Å². The van der Waals surface area contributed by atoms with Gasteiger partial charge in [0, 0.05) is 18.5 Å². The van der Waals surface area contributed by atoms with Crippen LogP contribution in [0.4, 0.5) is 0 Å². The summed E-state index contributed by atoms with van der Waals surface area (Å²) in [6.45, 7) is 1.84. The molecule has 0 bridgehead atoms.